The van der Waals surface area contributed by atoms with E-state index >= 15 is 0 Å². The Labute approximate surface area is 173 Å². The molecule has 0 aliphatic rings. The first-order valence-corrected chi connectivity index (χ1v) is 9.82. The summed E-state index contributed by atoms with van der Waals surface area (Å²) >= 11 is 0. The van der Waals surface area contributed by atoms with E-state index in [4.69, 9.17) is 4.98 Å². The monoisotopic (exact) mass is 406 g/mol. The zero-order chi connectivity index (χ0) is 21.0. The van der Waals surface area contributed by atoms with Crippen LogP contribution in [0.2, 0.25) is 0 Å². The van der Waals surface area contributed by atoms with Crippen LogP contribution in [0.15, 0.2) is 91.0 Å². The summed E-state index contributed by atoms with van der Waals surface area (Å²) in [7, 11) is 0. The predicted molar refractivity (Wildman–Crippen MR) is 115 cm³/mol. The smallest absolute Gasteiger partial charge is 0.385 e. The van der Waals surface area contributed by atoms with Crippen molar-refractivity contribution in [3.05, 3.63) is 108 Å². The second-order valence-corrected chi connectivity index (χ2v) is 7.19. The third-order valence-corrected chi connectivity index (χ3v) is 5.13. The highest BCUT2D eigenvalue weighted by Crippen LogP contribution is 2.34. The average molecular weight is 406 g/mol. The average Bonchev–Trinajstić information content (AvgIpc) is 2.77. The largest absolute Gasteiger partial charge is 0.416 e. The van der Waals surface area contributed by atoms with Gasteiger partial charge in [0.15, 0.2) is 0 Å². The molecular weight excluding hydrogens is 385 g/mol. The van der Waals surface area contributed by atoms with Crippen molar-refractivity contribution < 1.29 is 13.2 Å². The number of pyridine rings is 1. The number of halogens is 3. The number of hydrogen-bond acceptors (Lipinski definition) is 2. The molecule has 0 aliphatic carbocycles. The molecule has 3 aromatic carbocycles. The van der Waals surface area contributed by atoms with E-state index in [1.807, 2.05) is 66.7 Å². The van der Waals surface area contributed by atoms with Gasteiger partial charge in [-0.2, -0.15) is 13.2 Å². The maximum Gasteiger partial charge on any atom is 0.416 e. The Morgan fingerprint density at radius 3 is 2.37 bits per heavy atom. The maximum absolute atomic E-state index is 13.3. The quantitative estimate of drug-likeness (QED) is 0.377. The molecule has 152 valence electrons. The number of benzene rings is 3. The summed E-state index contributed by atoms with van der Waals surface area (Å²) < 4.78 is 39.9. The number of anilines is 1. The number of nitrogens with one attached hydrogen (secondary N) is 1. The molecule has 1 atom stereocenters. The topological polar surface area (TPSA) is 24.9 Å². The number of fused-ring (bicyclic) bond motifs is 1. The lowest BCUT2D eigenvalue weighted by Crippen LogP contribution is -2.12. The van der Waals surface area contributed by atoms with E-state index in [1.54, 1.807) is 6.07 Å². The van der Waals surface area contributed by atoms with Crippen LogP contribution in [0, 0.1) is 0 Å². The molecule has 0 fully saturated rings. The molecular formula is C25H21F3N2. The molecule has 0 aliphatic heterocycles. The van der Waals surface area contributed by atoms with E-state index in [0.29, 0.717) is 18.5 Å². The van der Waals surface area contributed by atoms with Crippen LogP contribution in [0.5, 0.6) is 0 Å². The molecule has 0 bridgehead atoms. The van der Waals surface area contributed by atoms with Crippen LogP contribution in [-0.4, -0.2) is 11.5 Å². The number of aromatic nitrogens is 1. The Kier molecular flexibility index (Phi) is 5.70. The van der Waals surface area contributed by atoms with Crippen molar-refractivity contribution >= 4 is 16.6 Å². The molecule has 0 radical (unpaired) electrons. The summed E-state index contributed by atoms with van der Waals surface area (Å²) in [6.07, 6.45) is -3.76. The van der Waals surface area contributed by atoms with Gasteiger partial charge in [0.1, 0.15) is 0 Å². The highest BCUT2D eigenvalue weighted by molar-refractivity contribution is 5.78. The molecule has 1 heterocycles. The van der Waals surface area contributed by atoms with Gasteiger partial charge in [0.2, 0.25) is 0 Å². The molecule has 30 heavy (non-hydrogen) atoms. The molecule has 4 aromatic rings. The van der Waals surface area contributed by atoms with Crippen LogP contribution in [0.1, 0.15) is 29.2 Å². The standard InChI is InChI=1S/C25H21F3N2/c26-25(27,28)20-9-6-8-19(17-20)22(15-16-29-21-10-2-1-3-11-21)24-14-13-18-7-4-5-12-23(18)30-24/h1-14,17,22,29H,15-16H2/t22-/m1/s1. The highest BCUT2D eigenvalue weighted by Gasteiger charge is 2.31. The fourth-order valence-corrected chi connectivity index (χ4v) is 3.61. The molecule has 0 spiro atoms. The second-order valence-electron chi connectivity index (χ2n) is 7.19. The molecule has 1 N–H and O–H groups in total. The van der Waals surface area contributed by atoms with Crippen LogP contribution in [0.25, 0.3) is 10.9 Å². The van der Waals surface area contributed by atoms with Gasteiger partial charge in [-0.05, 0) is 42.3 Å². The van der Waals surface area contributed by atoms with Crippen LogP contribution < -0.4 is 5.32 Å². The number of hydrogen-bond donors (Lipinski definition) is 1. The molecule has 4 rings (SSSR count). The third-order valence-electron chi connectivity index (χ3n) is 5.13. The van der Waals surface area contributed by atoms with Gasteiger partial charge >= 0.3 is 6.18 Å². The lowest BCUT2D eigenvalue weighted by atomic mass is 9.90. The van der Waals surface area contributed by atoms with E-state index < -0.39 is 11.7 Å². The maximum atomic E-state index is 13.3. The van der Waals surface area contributed by atoms with Gasteiger partial charge in [0.25, 0.3) is 0 Å². The number of para-hydroxylation sites is 2. The normalized spacial score (nSPS) is 12.6. The first-order chi connectivity index (χ1) is 14.5. The molecule has 1 aromatic heterocycles. The first kappa shape index (κ1) is 20.0. The van der Waals surface area contributed by atoms with Crippen molar-refractivity contribution in [3.63, 3.8) is 0 Å². The fraction of sp³-hybridized carbons (Fsp3) is 0.160. The van der Waals surface area contributed by atoms with E-state index in [0.717, 1.165) is 28.4 Å². The van der Waals surface area contributed by atoms with Crippen molar-refractivity contribution in [2.75, 3.05) is 11.9 Å². The molecule has 0 amide bonds. The van der Waals surface area contributed by atoms with Crippen LogP contribution in [-0.2, 0) is 6.18 Å². The van der Waals surface area contributed by atoms with E-state index in [1.165, 1.54) is 12.1 Å². The Balaban J connectivity index is 1.66. The van der Waals surface area contributed by atoms with Gasteiger partial charge in [-0.3, -0.25) is 4.98 Å². The van der Waals surface area contributed by atoms with Gasteiger partial charge in [0, 0.05) is 29.2 Å². The van der Waals surface area contributed by atoms with E-state index in [2.05, 4.69) is 5.32 Å². The second kappa shape index (κ2) is 8.57. The molecule has 5 heteroatoms. The van der Waals surface area contributed by atoms with Crippen LogP contribution >= 0.6 is 0 Å². The molecule has 0 unspecified atom stereocenters. The van der Waals surface area contributed by atoms with Gasteiger partial charge in [-0.15, -0.1) is 0 Å². The summed E-state index contributed by atoms with van der Waals surface area (Å²) in [6.45, 7) is 0.611. The summed E-state index contributed by atoms with van der Waals surface area (Å²) in [4.78, 5) is 4.76. The van der Waals surface area contributed by atoms with Crippen molar-refractivity contribution in [2.24, 2.45) is 0 Å². The van der Waals surface area contributed by atoms with E-state index in [9.17, 15) is 13.2 Å². The van der Waals surface area contributed by atoms with Gasteiger partial charge in [-0.1, -0.05) is 60.7 Å². The fourth-order valence-electron chi connectivity index (χ4n) is 3.61. The van der Waals surface area contributed by atoms with E-state index in [-0.39, 0.29) is 5.92 Å². The molecule has 2 nitrogen and oxygen atoms in total. The lowest BCUT2D eigenvalue weighted by molar-refractivity contribution is -0.137. The molecule has 0 saturated carbocycles. The molecule has 0 saturated heterocycles. The number of nitrogens with zero attached hydrogens (tertiary/aromatic N) is 1. The van der Waals surface area contributed by atoms with Crippen molar-refractivity contribution in [2.45, 2.75) is 18.5 Å². The predicted octanol–water partition coefficient (Wildman–Crippen LogP) is 6.89. The van der Waals surface area contributed by atoms with Crippen LogP contribution in [0.4, 0.5) is 18.9 Å². The van der Waals surface area contributed by atoms with Gasteiger partial charge in [-0.25, -0.2) is 0 Å². The Bertz CT molecular complexity index is 1120. The van der Waals surface area contributed by atoms with Crippen molar-refractivity contribution in [3.8, 4) is 0 Å². The Morgan fingerprint density at radius 1 is 0.800 bits per heavy atom. The SMILES string of the molecule is FC(F)(F)c1cccc([C@@H](CCNc2ccccc2)c2ccc3ccccc3n2)c1. The number of rotatable bonds is 6. The first-order valence-electron chi connectivity index (χ1n) is 9.82. The summed E-state index contributed by atoms with van der Waals surface area (Å²) in [6, 6.07) is 27.0. The lowest BCUT2D eigenvalue weighted by Gasteiger charge is -2.20. The minimum Gasteiger partial charge on any atom is -0.385 e. The minimum atomic E-state index is -4.38. The van der Waals surface area contributed by atoms with Crippen molar-refractivity contribution in [1.82, 2.24) is 4.98 Å². The summed E-state index contributed by atoms with van der Waals surface area (Å²) in [5.74, 6) is -0.256. The summed E-state index contributed by atoms with van der Waals surface area (Å²) in [5, 5.41) is 4.35. The van der Waals surface area contributed by atoms with Gasteiger partial charge in [0.05, 0.1) is 11.1 Å². The highest BCUT2D eigenvalue weighted by atomic mass is 19.4. The Morgan fingerprint density at radius 2 is 1.57 bits per heavy atom. The Hall–Kier alpha value is -3.34. The van der Waals surface area contributed by atoms with Gasteiger partial charge < -0.3 is 5.32 Å². The van der Waals surface area contributed by atoms with Crippen molar-refractivity contribution in [1.29, 1.82) is 0 Å². The third kappa shape index (κ3) is 4.62. The summed E-state index contributed by atoms with van der Waals surface area (Å²) in [5.41, 5.74) is 2.56. The van der Waals surface area contributed by atoms with Crippen LogP contribution in [0.3, 0.4) is 0 Å². The zero-order valence-corrected chi connectivity index (χ0v) is 16.2. The number of alkyl halides is 3. The zero-order valence-electron chi connectivity index (χ0n) is 16.2. The minimum absolute atomic E-state index is 0.256.